The number of hydrogen-bond acceptors (Lipinski definition) is 8. The molecule has 1 aromatic heterocycles. The van der Waals surface area contributed by atoms with Gasteiger partial charge in [0.05, 0.1) is 13.2 Å². The Labute approximate surface area is 202 Å². The molecule has 2 saturated heterocycles. The van der Waals surface area contributed by atoms with Gasteiger partial charge >= 0.3 is 0 Å². The third kappa shape index (κ3) is 5.06. The number of halogens is 1. The molecule has 0 amide bonds. The number of morpholine rings is 1. The number of aromatic nitrogens is 1. The van der Waals surface area contributed by atoms with E-state index in [1.54, 1.807) is 6.07 Å². The Morgan fingerprint density at radius 1 is 1.09 bits per heavy atom. The Morgan fingerprint density at radius 2 is 1.82 bits per heavy atom. The van der Waals surface area contributed by atoms with E-state index in [0.717, 1.165) is 45.1 Å². The SMILES string of the molecule is Nc1nc(Nc2ccc(N3CCC(N4CCOCC4)CC3)cc2)sc1C(=O)c1cccc(F)c1. The van der Waals surface area contributed by atoms with Gasteiger partial charge < -0.3 is 20.7 Å². The number of piperidine rings is 1. The van der Waals surface area contributed by atoms with Gasteiger partial charge in [-0.15, -0.1) is 0 Å². The fourth-order valence-corrected chi connectivity index (χ4v) is 5.49. The molecule has 2 aromatic carbocycles. The molecule has 5 rings (SSSR count). The topological polar surface area (TPSA) is 83.7 Å². The van der Waals surface area contributed by atoms with Crippen LogP contribution in [0.3, 0.4) is 0 Å². The molecule has 2 aliphatic heterocycles. The summed E-state index contributed by atoms with van der Waals surface area (Å²) in [4.78, 5) is 22.3. The Hall–Kier alpha value is -3.01. The maximum absolute atomic E-state index is 13.5. The number of carbonyl (C=O) groups excluding carboxylic acids is 1. The van der Waals surface area contributed by atoms with Gasteiger partial charge in [0.1, 0.15) is 16.5 Å². The van der Waals surface area contributed by atoms with Crippen LogP contribution in [0.1, 0.15) is 28.1 Å². The normalized spacial score (nSPS) is 17.6. The standard InChI is InChI=1S/C25H28FN5O2S/c26-18-3-1-2-17(16-18)22(32)23-24(27)29-25(34-23)28-19-4-6-20(7-5-19)30-10-8-21(9-11-30)31-12-14-33-15-13-31/h1-7,16,21H,8-15,27H2,(H,28,29). The van der Waals surface area contributed by atoms with E-state index in [4.69, 9.17) is 10.5 Å². The molecule has 3 N–H and O–H groups in total. The van der Waals surface area contributed by atoms with Crippen molar-refractivity contribution in [3.05, 3.63) is 64.8 Å². The first-order valence-corrected chi connectivity index (χ1v) is 12.4. The van der Waals surface area contributed by atoms with Crippen LogP contribution in [-0.4, -0.2) is 61.1 Å². The summed E-state index contributed by atoms with van der Waals surface area (Å²) in [7, 11) is 0. The number of benzene rings is 2. The first kappa shape index (κ1) is 22.8. The Balaban J connectivity index is 1.20. The number of nitrogens with zero attached hydrogens (tertiary/aromatic N) is 3. The monoisotopic (exact) mass is 481 g/mol. The minimum Gasteiger partial charge on any atom is -0.382 e. The Kier molecular flexibility index (Phi) is 6.75. The quantitative estimate of drug-likeness (QED) is 0.512. The predicted molar refractivity (Wildman–Crippen MR) is 134 cm³/mol. The van der Waals surface area contributed by atoms with Gasteiger partial charge in [0.25, 0.3) is 0 Å². The van der Waals surface area contributed by atoms with Crippen molar-refractivity contribution < 1.29 is 13.9 Å². The molecule has 34 heavy (non-hydrogen) atoms. The van der Waals surface area contributed by atoms with E-state index in [2.05, 4.69) is 32.2 Å². The average Bonchev–Trinajstić information content (AvgIpc) is 3.24. The van der Waals surface area contributed by atoms with E-state index in [-0.39, 0.29) is 17.2 Å². The van der Waals surface area contributed by atoms with Crippen LogP contribution >= 0.6 is 11.3 Å². The van der Waals surface area contributed by atoms with E-state index in [1.165, 1.54) is 48.1 Å². The van der Waals surface area contributed by atoms with Gasteiger partial charge in [-0.1, -0.05) is 23.5 Å². The molecule has 0 bridgehead atoms. The van der Waals surface area contributed by atoms with E-state index in [9.17, 15) is 9.18 Å². The first-order valence-electron chi connectivity index (χ1n) is 11.6. The van der Waals surface area contributed by atoms with Crippen LogP contribution in [-0.2, 0) is 4.74 Å². The molecule has 3 heterocycles. The van der Waals surface area contributed by atoms with Crippen molar-refractivity contribution in [1.29, 1.82) is 0 Å². The van der Waals surface area contributed by atoms with Gasteiger partial charge in [0, 0.05) is 49.2 Å². The lowest BCUT2D eigenvalue weighted by Crippen LogP contribution is -2.49. The van der Waals surface area contributed by atoms with E-state index < -0.39 is 5.82 Å². The number of nitrogens with two attached hydrogens (primary N) is 1. The van der Waals surface area contributed by atoms with E-state index in [1.807, 2.05) is 12.1 Å². The van der Waals surface area contributed by atoms with Crippen molar-refractivity contribution in [2.45, 2.75) is 18.9 Å². The molecule has 0 unspecified atom stereocenters. The minimum absolute atomic E-state index is 0.140. The summed E-state index contributed by atoms with van der Waals surface area (Å²) in [5.41, 5.74) is 8.31. The molecule has 9 heteroatoms. The van der Waals surface area contributed by atoms with Crippen LogP contribution in [0, 0.1) is 5.82 Å². The van der Waals surface area contributed by atoms with Gasteiger partial charge in [-0.25, -0.2) is 9.37 Å². The Bertz CT molecular complexity index is 1140. The van der Waals surface area contributed by atoms with E-state index >= 15 is 0 Å². The lowest BCUT2D eigenvalue weighted by atomic mass is 10.0. The summed E-state index contributed by atoms with van der Waals surface area (Å²) in [6, 6.07) is 14.5. The second kappa shape index (κ2) is 10.1. The number of ketones is 1. The summed E-state index contributed by atoms with van der Waals surface area (Å²) in [6.07, 6.45) is 2.33. The summed E-state index contributed by atoms with van der Waals surface area (Å²) in [6.45, 7) is 5.87. The summed E-state index contributed by atoms with van der Waals surface area (Å²) >= 11 is 1.17. The zero-order chi connectivity index (χ0) is 23.5. The predicted octanol–water partition coefficient (Wildman–Crippen LogP) is 4.14. The van der Waals surface area contributed by atoms with Crippen LogP contribution in [0.2, 0.25) is 0 Å². The molecule has 0 atom stereocenters. The largest absolute Gasteiger partial charge is 0.382 e. The molecule has 7 nitrogen and oxygen atoms in total. The first-order chi connectivity index (χ1) is 16.6. The highest BCUT2D eigenvalue weighted by Gasteiger charge is 2.26. The van der Waals surface area contributed by atoms with Crippen molar-refractivity contribution in [1.82, 2.24) is 9.88 Å². The number of nitrogens with one attached hydrogen (secondary N) is 1. The molecule has 2 fully saturated rings. The summed E-state index contributed by atoms with van der Waals surface area (Å²) in [5.74, 6) is -0.655. The van der Waals surface area contributed by atoms with Gasteiger partial charge in [-0.2, -0.15) is 0 Å². The number of carbonyl (C=O) groups is 1. The van der Waals surface area contributed by atoms with Crippen molar-refractivity contribution in [3.63, 3.8) is 0 Å². The highest BCUT2D eigenvalue weighted by Crippen LogP contribution is 2.31. The number of nitrogen functional groups attached to an aromatic ring is 1. The van der Waals surface area contributed by atoms with Gasteiger partial charge in [0.2, 0.25) is 5.78 Å². The Morgan fingerprint density at radius 3 is 2.53 bits per heavy atom. The molecule has 2 aliphatic rings. The number of thiazole rings is 1. The van der Waals surface area contributed by atoms with Gasteiger partial charge in [0.15, 0.2) is 5.13 Å². The third-order valence-electron chi connectivity index (χ3n) is 6.46. The van der Waals surface area contributed by atoms with E-state index in [0.29, 0.717) is 16.1 Å². The molecule has 178 valence electrons. The van der Waals surface area contributed by atoms with Crippen LogP contribution < -0.4 is 16.0 Å². The lowest BCUT2D eigenvalue weighted by Gasteiger charge is -2.40. The number of hydrogen-bond donors (Lipinski definition) is 2. The minimum atomic E-state index is -0.460. The summed E-state index contributed by atoms with van der Waals surface area (Å²) in [5, 5.41) is 3.75. The number of ether oxygens (including phenoxy) is 1. The maximum Gasteiger partial charge on any atom is 0.206 e. The molecule has 0 saturated carbocycles. The van der Waals surface area contributed by atoms with Crippen molar-refractivity contribution in [2.75, 3.05) is 55.3 Å². The average molecular weight is 482 g/mol. The highest BCUT2D eigenvalue weighted by molar-refractivity contribution is 7.18. The van der Waals surface area contributed by atoms with Crippen molar-refractivity contribution >= 4 is 39.4 Å². The second-order valence-electron chi connectivity index (χ2n) is 8.61. The zero-order valence-corrected chi connectivity index (χ0v) is 19.7. The van der Waals surface area contributed by atoms with Crippen LogP contribution in [0.5, 0.6) is 0 Å². The van der Waals surface area contributed by atoms with Crippen LogP contribution in [0.25, 0.3) is 0 Å². The molecule has 0 radical (unpaired) electrons. The highest BCUT2D eigenvalue weighted by atomic mass is 32.1. The van der Waals surface area contributed by atoms with Crippen LogP contribution in [0.15, 0.2) is 48.5 Å². The van der Waals surface area contributed by atoms with Crippen molar-refractivity contribution in [3.8, 4) is 0 Å². The second-order valence-corrected chi connectivity index (χ2v) is 9.61. The smallest absolute Gasteiger partial charge is 0.206 e. The number of rotatable bonds is 6. The van der Waals surface area contributed by atoms with Crippen LogP contribution in [0.4, 0.5) is 26.7 Å². The molecule has 0 aliphatic carbocycles. The zero-order valence-electron chi connectivity index (χ0n) is 18.9. The fourth-order valence-electron chi connectivity index (χ4n) is 4.62. The molecular formula is C25H28FN5O2S. The van der Waals surface area contributed by atoms with Gasteiger partial charge in [-0.3, -0.25) is 9.69 Å². The molecule has 3 aromatic rings. The summed E-state index contributed by atoms with van der Waals surface area (Å²) < 4.78 is 19.0. The number of anilines is 4. The maximum atomic E-state index is 13.5. The third-order valence-corrected chi connectivity index (χ3v) is 7.44. The molecular weight excluding hydrogens is 453 g/mol. The molecule has 0 spiro atoms. The lowest BCUT2D eigenvalue weighted by molar-refractivity contribution is 0.0115. The fraction of sp³-hybridized carbons (Fsp3) is 0.360. The van der Waals surface area contributed by atoms with Gasteiger partial charge in [-0.05, 0) is 49.2 Å². The van der Waals surface area contributed by atoms with Crippen molar-refractivity contribution in [2.24, 2.45) is 0 Å².